The third-order valence-corrected chi connectivity index (χ3v) is 2.88. The minimum absolute atomic E-state index is 0.462. The van der Waals surface area contributed by atoms with Gasteiger partial charge in [0.2, 0.25) is 0 Å². The predicted octanol–water partition coefficient (Wildman–Crippen LogP) is 0.591. The van der Waals surface area contributed by atoms with Crippen molar-refractivity contribution in [2.75, 3.05) is 13.1 Å². The summed E-state index contributed by atoms with van der Waals surface area (Å²) >= 11 is 0. The molecular formula is C10H13N5. The minimum atomic E-state index is 0.462. The highest BCUT2D eigenvalue weighted by Gasteiger charge is 2.19. The number of piperidine rings is 1. The van der Waals surface area contributed by atoms with Gasteiger partial charge in [-0.2, -0.15) is 9.61 Å². The Morgan fingerprint density at radius 2 is 2.40 bits per heavy atom. The monoisotopic (exact) mass is 203 g/mol. The molecule has 1 aliphatic rings. The van der Waals surface area contributed by atoms with Crippen molar-refractivity contribution in [1.29, 1.82) is 0 Å². The topological polar surface area (TPSA) is 55.1 Å². The normalized spacial score (nSPS) is 22.0. The van der Waals surface area contributed by atoms with Gasteiger partial charge in [0.25, 0.3) is 0 Å². The van der Waals surface area contributed by atoms with Gasteiger partial charge in [-0.05, 0) is 19.4 Å². The van der Waals surface area contributed by atoms with Gasteiger partial charge in [0, 0.05) is 24.7 Å². The molecule has 1 fully saturated rings. The first kappa shape index (κ1) is 8.79. The molecule has 0 spiro atoms. The fourth-order valence-electron chi connectivity index (χ4n) is 2.13. The smallest absolute Gasteiger partial charge is 0.158 e. The van der Waals surface area contributed by atoms with Gasteiger partial charge in [0.15, 0.2) is 5.65 Å². The van der Waals surface area contributed by atoms with E-state index in [0.717, 1.165) is 24.6 Å². The van der Waals surface area contributed by atoms with Crippen molar-refractivity contribution in [2.45, 2.75) is 18.8 Å². The molecule has 2 aromatic rings. The molecule has 0 amide bonds. The molecule has 1 saturated heterocycles. The summed E-state index contributed by atoms with van der Waals surface area (Å²) in [5, 5.41) is 7.60. The molecule has 5 heteroatoms. The van der Waals surface area contributed by atoms with Crippen LogP contribution in [0, 0.1) is 0 Å². The first-order chi connectivity index (χ1) is 7.45. The maximum atomic E-state index is 4.42. The van der Waals surface area contributed by atoms with Crippen LogP contribution >= 0.6 is 0 Å². The van der Waals surface area contributed by atoms with Gasteiger partial charge >= 0.3 is 0 Å². The molecule has 5 nitrogen and oxygen atoms in total. The lowest BCUT2D eigenvalue weighted by Gasteiger charge is -2.22. The van der Waals surface area contributed by atoms with Crippen LogP contribution in [0.2, 0.25) is 0 Å². The Labute approximate surface area is 87.5 Å². The number of hydrogen-bond acceptors (Lipinski definition) is 4. The van der Waals surface area contributed by atoms with Crippen LogP contribution in [-0.4, -0.2) is 32.7 Å². The van der Waals surface area contributed by atoms with Gasteiger partial charge in [-0.1, -0.05) is 0 Å². The van der Waals surface area contributed by atoms with Gasteiger partial charge in [-0.15, -0.1) is 0 Å². The average molecular weight is 203 g/mol. The quantitative estimate of drug-likeness (QED) is 0.737. The number of nitrogens with zero attached hydrogens (tertiary/aromatic N) is 4. The van der Waals surface area contributed by atoms with Crippen LogP contribution in [0.3, 0.4) is 0 Å². The summed E-state index contributed by atoms with van der Waals surface area (Å²) in [5.74, 6) is 1.49. The second kappa shape index (κ2) is 3.58. The van der Waals surface area contributed by atoms with Gasteiger partial charge in [0.1, 0.15) is 12.2 Å². The third kappa shape index (κ3) is 1.48. The van der Waals surface area contributed by atoms with Crippen molar-refractivity contribution in [3.8, 4) is 0 Å². The minimum Gasteiger partial charge on any atom is -0.316 e. The molecule has 1 N–H and O–H groups in total. The Balaban J connectivity index is 2.05. The van der Waals surface area contributed by atoms with Crippen molar-refractivity contribution < 1.29 is 0 Å². The molecule has 0 aliphatic carbocycles. The highest BCUT2D eigenvalue weighted by atomic mass is 15.3. The lowest BCUT2D eigenvalue weighted by molar-refractivity contribution is 0.439. The molecule has 3 heterocycles. The summed E-state index contributed by atoms with van der Waals surface area (Å²) in [6, 6.07) is 1.88. The zero-order valence-corrected chi connectivity index (χ0v) is 8.43. The second-order valence-corrected chi connectivity index (χ2v) is 3.88. The summed E-state index contributed by atoms with van der Waals surface area (Å²) in [5.41, 5.74) is 0.880. The lowest BCUT2D eigenvalue weighted by atomic mass is 9.99. The maximum absolute atomic E-state index is 4.42. The molecule has 1 aliphatic heterocycles. The molecule has 15 heavy (non-hydrogen) atoms. The summed E-state index contributed by atoms with van der Waals surface area (Å²) in [6.07, 6.45) is 5.78. The molecule has 0 saturated carbocycles. The van der Waals surface area contributed by atoms with E-state index in [9.17, 15) is 0 Å². The van der Waals surface area contributed by atoms with Gasteiger partial charge < -0.3 is 5.32 Å². The first-order valence-corrected chi connectivity index (χ1v) is 5.30. The first-order valence-electron chi connectivity index (χ1n) is 5.30. The van der Waals surface area contributed by atoms with Crippen LogP contribution in [0.15, 0.2) is 18.6 Å². The fraction of sp³-hybridized carbons (Fsp3) is 0.500. The SMILES string of the molecule is c1cc2ncnn2c(C2CCCNC2)n1. The molecule has 0 radical (unpaired) electrons. The van der Waals surface area contributed by atoms with Gasteiger partial charge in [-0.3, -0.25) is 0 Å². The molecule has 1 unspecified atom stereocenters. The van der Waals surface area contributed by atoms with E-state index < -0.39 is 0 Å². The molecule has 1 atom stereocenters. The van der Waals surface area contributed by atoms with Crippen molar-refractivity contribution in [2.24, 2.45) is 0 Å². The fourth-order valence-corrected chi connectivity index (χ4v) is 2.13. The largest absolute Gasteiger partial charge is 0.316 e. The third-order valence-electron chi connectivity index (χ3n) is 2.88. The van der Waals surface area contributed by atoms with Crippen molar-refractivity contribution in [1.82, 2.24) is 24.9 Å². The van der Waals surface area contributed by atoms with Crippen LogP contribution < -0.4 is 5.32 Å². The van der Waals surface area contributed by atoms with Crippen LogP contribution in [-0.2, 0) is 0 Å². The van der Waals surface area contributed by atoms with Gasteiger partial charge in [-0.25, -0.2) is 9.97 Å². The Hall–Kier alpha value is -1.49. The molecule has 2 aromatic heterocycles. The molecule has 78 valence electrons. The highest BCUT2D eigenvalue weighted by Crippen LogP contribution is 2.20. The molecule has 3 rings (SSSR count). The number of fused-ring (bicyclic) bond motifs is 1. The van der Waals surface area contributed by atoms with E-state index in [1.54, 1.807) is 6.33 Å². The molecular weight excluding hydrogens is 190 g/mol. The number of rotatable bonds is 1. The van der Waals surface area contributed by atoms with Crippen molar-refractivity contribution >= 4 is 5.65 Å². The maximum Gasteiger partial charge on any atom is 0.158 e. The van der Waals surface area contributed by atoms with Crippen LogP contribution in [0.1, 0.15) is 24.6 Å². The molecule has 0 aromatic carbocycles. The van der Waals surface area contributed by atoms with E-state index in [1.807, 2.05) is 16.8 Å². The van der Waals surface area contributed by atoms with E-state index >= 15 is 0 Å². The summed E-state index contributed by atoms with van der Waals surface area (Å²) in [7, 11) is 0. The van der Waals surface area contributed by atoms with Gasteiger partial charge in [0.05, 0.1) is 0 Å². The standard InChI is InChI=1S/C10H13N5/c1-2-8(6-11-4-1)10-12-5-3-9-13-7-14-15(9)10/h3,5,7-8,11H,1-2,4,6H2. The summed E-state index contributed by atoms with van der Waals surface area (Å²) in [4.78, 5) is 8.59. The number of hydrogen-bond donors (Lipinski definition) is 1. The second-order valence-electron chi connectivity index (χ2n) is 3.88. The molecule has 0 bridgehead atoms. The van der Waals surface area contributed by atoms with E-state index in [-0.39, 0.29) is 0 Å². The number of aromatic nitrogens is 4. The highest BCUT2D eigenvalue weighted by molar-refractivity contribution is 5.35. The van der Waals surface area contributed by atoms with E-state index in [2.05, 4.69) is 20.4 Å². The van der Waals surface area contributed by atoms with Crippen LogP contribution in [0.4, 0.5) is 0 Å². The van der Waals surface area contributed by atoms with Crippen molar-refractivity contribution in [3.05, 3.63) is 24.4 Å². The summed E-state index contributed by atoms with van der Waals surface area (Å²) < 4.78 is 1.84. The Morgan fingerprint density at radius 1 is 1.40 bits per heavy atom. The Kier molecular flexibility index (Phi) is 2.10. The van der Waals surface area contributed by atoms with E-state index in [1.165, 1.54) is 12.8 Å². The van der Waals surface area contributed by atoms with Crippen LogP contribution in [0.5, 0.6) is 0 Å². The zero-order chi connectivity index (χ0) is 10.1. The predicted molar refractivity (Wildman–Crippen MR) is 55.6 cm³/mol. The number of nitrogens with one attached hydrogen (secondary N) is 1. The van der Waals surface area contributed by atoms with Crippen LogP contribution in [0.25, 0.3) is 5.65 Å². The van der Waals surface area contributed by atoms with Crippen molar-refractivity contribution in [3.63, 3.8) is 0 Å². The average Bonchev–Trinajstić information content (AvgIpc) is 2.78. The summed E-state index contributed by atoms with van der Waals surface area (Å²) in [6.45, 7) is 2.11. The van der Waals surface area contributed by atoms with E-state index in [4.69, 9.17) is 0 Å². The van der Waals surface area contributed by atoms with E-state index in [0.29, 0.717) is 5.92 Å². The lowest BCUT2D eigenvalue weighted by Crippen LogP contribution is -2.30. The Bertz CT molecular complexity index is 458. The Morgan fingerprint density at radius 3 is 3.27 bits per heavy atom. The zero-order valence-electron chi connectivity index (χ0n) is 8.43.